The Morgan fingerprint density at radius 1 is 1.12 bits per heavy atom. The number of rotatable bonds is 5. The van der Waals surface area contributed by atoms with Crippen LogP contribution >= 0.6 is 0 Å². The molecule has 1 aliphatic heterocycles. The molecule has 0 N–H and O–H groups in total. The van der Waals surface area contributed by atoms with Crippen molar-refractivity contribution in [2.75, 3.05) is 18.0 Å². The topological polar surface area (TPSA) is 77.5 Å². The molecule has 0 spiro atoms. The molecule has 8 nitrogen and oxygen atoms in total. The Balaban J connectivity index is 1.43. The van der Waals surface area contributed by atoms with Crippen molar-refractivity contribution in [3.8, 4) is 5.82 Å². The van der Waals surface area contributed by atoms with E-state index in [4.69, 9.17) is 0 Å². The summed E-state index contributed by atoms with van der Waals surface area (Å²) in [4.78, 5) is 11.1. The molecule has 3 aromatic heterocycles. The standard InChI is InChI=1S/C18H24N8/c1-3-4-15-12-25(23-22-15)16-5-7-24(8-6-16)17-9-18(20-13-19-17)26-11-14(2)10-21-26/h9-13,16H,3-8H2,1-2H3. The van der Waals surface area contributed by atoms with Crippen molar-refractivity contribution in [3.05, 3.63) is 42.2 Å². The molecule has 8 heteroatoms. The lowest BCUT2D eigenvalue weighted by molar-refractivity contribution is 0.359. The SMILES string of the molecule is CCCc1cn(C2CCN(c3cc(-n4cc(C)cn4)ncn3)CC2)nn1. The van der Waals surface area contributed by atoms with Crippen molar-refractivity contribution in [1.29, 1.82) is 0 Å². The molecule has 1 saturated heterocycles. The van der Waals surface area contributed by atoms with E-state index in [0.717, 1.165) is 61.7 Å². The fourth-order valence-electron chi connectivity index (χ4n) is 3.40. The predicted octanol–water partition coefficient (Wildman–Crippen LogP) is 2.36. The van der Waals surface area contributed by atoms with Gasteiger partial charge in [-0.2, -0.15) is 5.10 Å². The number of hydrogen-bond acceptors (Lipinski definition) is 6. The van der Waals surface area contributed by atoms with Gasteiger partial charge in [-0.25, -0.2) is 19.3 Å². The molecule has 0 radical (unpaired) electrons. The third kappa shape index (κ3) is 3.44. The first-order valence-corrected chi connectivity index (χ1v) is 9.22. The first kappa shape index (κ1) is 16.7. The van der Waals surface area contributed by atoms with Gasteiger partial charge in [0.25, 0.3) is 0 Å². The van der Waals surface area contributed by atoms with Crippen LogP contribution in [-0.2, 0) is 6.42 Å². The average molecular weight is 352 g/mol. The summed E-state index contributed by atoms with van der Waals surface area (Å²) >= 11 is 0. The molecule has 26 heavy (non-hydrogen) atoms. The van der Waals surface area contributed by atoms with Gasteiger partial charge in [0.1, 0.15) is 12.1 Å². The van der Waals surface area contributed by atoms with Crippen molar-refractivity contribution in [2.45, 2.75) is 45.6 Å². The zero-order chi connectivity index (χ0) is 17.9. The third-order valence-corrected chi connectivity index (χ3v) is 4.81. The van der Waals surface area contributed by atoms with Gasteiger partial charge in [0.2, 0.25) is 0 Å². The summed E-state index contributed by atoms with van der Waals surface area (Å²) in [5, 5.41) is 12.9. The van der Waals surface area contributed by atoms with Crippen LogP contribution in [0.25, 0.3) is 5.82 Å². The van der Waals surface area contributed by atoms with Gasteiger partial charge in [0.05, 0.1) is 17.9 Å². The van der Waals surface area contributed by atoms with Gasteiger partial charge in [0, 0.05) is 31.5 Å². The van der Waals surface area contributed by atoms with Crippen molar-refractivity contribution in [2.24, 2.45) is 0 Å². The number of aromatic nitrogens is 7. The Hall–Kier alpha value is -2.77. The van der Waals surface area contributed by atoms with Crippen molar-refractivity contribution < 1.29 is 0 Å². The number of nitrogens with zero attached hydrogens (tertiary/aromatic N) is 8. The van der Waals surface area contributed by atoms with Crippen molar-refractivity contribution >= 4 is 5.82 Å². The molecule has 3 aromatic rings. The van der Waals surface area contributed by atoms with Crippen molar-refractivity contribution in [1.82, 2.24) is 34.7 Å². The van der Waals surface area contributed by atoms with Crippen LogP contribution in [0.1, 0.15) is 43.5 Å². The van der Waals surface area contributed by atoms with Gasteiger partial charge in [0.15, 0.2) is 5.82 Å². The van der Waals surface area contributed by atoms with Gasteiger partial charge in [-0.3, -0.25) is 0 Å². The maximum Gasteiger partial charge on any atom is 0.158 e. The molecule has 0 amide bonds. The predicted molar refractivity (Wildman–Crippen MR) is 98.4 cm³/mol. The van der Waals surface area contributed by atoms with Gasteiger partial charge >= 0.3 is 0 Å². The Morgan fingerprint density at radius 3 is 2.65 bits per heavy atom. The molecule has 0 unspecified atom stereocenters. The second-order valence-electron chi connectivity index (χ2n) is 6.85. The van der Waals surface area contributed by atoms with Crippen LogP contribution in [-0.4, -0.2) is 47.8 Å². The van der Waals surface area contributed by atoms with E-state index >= 15 is 0 Å². The largest absolute Gasteiger partial charge is 0.356 e. The summed E-state index contributed by atoms with van der Waals surface area (Å²) in [6.07, 6.45) is 11.7. The van der Waals surface area contributed by atoms with Gasteiger partial charge < -0.3 is 4.90 Å². The molecule has 0 aromatic carbocycles. The second-order valence-corrected chi connectivity index (χ2v) is 6.85. The van der Waals surface area contributed by atoms with E-state index in [0.29, 0.717) is 6.04 Å². The monoisotopic (exact) mass is 352 g/mol. The quantitative estimate of drug-likeness (QED) is 0.701. The zero-order valence-electron chi connectivity index (χ0n) is 15.3. The molecule has 136 valence electrons. The van der Waals surface area contributed by atoms with Crippen LogP contribution in [0.4, 0.5) is 5.82 Å². The Bertz CT molecular complexity index is 859. The Morgan fingerprint density at radius 2 is 1.92 bits per heavy atom. The van der Waals surface area contributed by atoms with Crippen LogP contribution in [0.3, 0.4) is 0 Å². The van der Waals surface area contributed by atoms with Crippen LogP contribution in [0, 0.1) is 6.92 Å². The third-order valence-electron chi connectivity index (χ3n) is 4.81. The van der Waals surface area contributed by atoms with Crippen LogP contribution in [0.5, 0.6) is 0 Å². The summed E-state index contributed by atoms with van der Waals surface area (Å²) in [6.45, 7) is 6.08. The van der Waals surface area contributed by atoms with E-state index in [9.17, 15) is 0 Å². The molecule has 0 atom stereocenters. The number of anilines is 1. The lowest BCUT2D eigenvalue weighted by Gasteiger charge is -2.32. The highest BCUT2D eigenvalue weighted by molar-refractivity contribution is 5.43. The van der Waals surface area contributed by atoms with E-state index in [1.165, 1.54) is 0 Å². The number of hydrogen-bond donors (Lipinski definition) is 0. The number of aryl methyl sites for hydroxylation is 2. The lowest BCUT2D eigenvalue weighted by Crippen LogP contribution is -2.35. The summed E-state index contributed by atoms with van der Waals surface area (Å²) in [5.74, 6) is 1.75. The fraction of sp³-hybridized carbons (Fsp3) is 0.500. The maximum absolute atomic E-state index is 4.46. The van der Waals surface area contributed by atoms with E-state index in [-0.39, 0.29) is 0 Å². The second kappa shape index (κ2) is 7.23. The smallest absolute Gasteiger partial charge is 0.158 e. The van der Waals surface area contributed by atoms with E-state index in [2.05, 4.69) is 43.4 Å². The van der Waals surface area contributed by atoms with Crippen LogP contribution < -0.4 is 4.90 Å². The van der Waals surface area contributed by atoms with Gasteiger partial charge in [-0.15, -0.1) is 5.10 Å². The first-order chi connectivity index (χ1) is 12.7. The summed E-state index contributed by atoms with van der Waals surface area (Å²) in [6, 6.07) is 2.42. The summed E-state index contributed by atoms with van der Waals surface area (Å²) in [7, 11) is 0. The van der Waals surface area contributed by atoms with Crippen LogP contribution in [0.2, 0.25) is 0 Å². The summed E-state index contributed by atoms with van der Waals surface area (Å²) < 4.78 is 3.83. The fourth-order valence-corrected chi connectivity index (χ4v) is 3.40. The molecule has 0 saturated carbocycles. The lowest BCUT2D eigenvalue weighted by atomic mass is 10.1. The molecular formula is C18H24N8. The Kier molecular flexibility index (Phi) is 4.64. The average Bonchev–Trinajstić information content (AvgIpc) is 3.32. The first-order valence-electron chi connectivity index (χ1n) is 9.22. The van der Waals surface area contributed by atoms with E-state index in [1.807, 2.05) is 30.1 Å². The minimum Gasteiger partial charge on any atom is -0.356 e. The molecule has 0 bridgehead atoms. The molecule has 4 rings (SSSR count). The molecule has 1 fully saturated rings. The highest BCUT2D eigenvalue weighted by atomic mass is 15.4. The van der Waals surface area contributed by atoms with Gasteiger partial charge in [-0.1, -0.05) is 18.6 Å². The Labute approximate surface area is 152 Å². The highest BCUT2D eigenvalue weighted by Crippen LogP contribution is 2.25. The maximum atomic E-state index is 4.46. The zero-order valence-corrected chi connectivity index (χ0v) is 15.3. The molecular weight excluding hydrogens is 328 g/mol. The van der Waals surface area contributed by atoms with E-state index < -0.39 is 0 Å². The number of piperidine rings is 1. The van der Waals surface area contributed by atoms with Crippen molar-refractivity contribution in [3.63, 3.8) is 0 Å². The van der Waals surface area contributed by atoms with Gasteiger partial charge in [-0.05, 0) is 31.7 Å². The highest BCUT2D eigenvalue weighted by Gasteiger charge is 2.23. The molecule has 1 aliphatic rings. The normalized spacial score (nSPS) is 15.5. The minimum absolute atomic E-state index is 0.416. The molecule has 0 aliphatic carbocycles. The van der Waals surface area contributed by atoms with E-state index in [1.54, 1.807) is 11.0 Å². The van der Waals surface area contributed by atoms with Crippen LogP contribution in [0.15, 0.2) is 31.0 Å². The minimum atomic E-state index is 0.416. The molecule has 4 heterocycles. The summed E-state index contributed by atoms with van der Waals surface area (Å²) in [5.41, 5.74) is 2.20.